The lowest BCUT2D eigenvalue weighted by Crippen LogP contribution is -2.32. The average Bonchev–Trinajstić information content (AvgIpc) is 2.97. The monoisotopic (exact) mass is 373 g/mol. The quantitative estimate of drug-likeness (QED) is 0.742. The fourth-order valence-corrected chi connectivity index (χ4v) is 3.02. The Labute approximate surface area is 151 Å². The van der Waals surface area contributed by atoms with E-state index in [1.54, 1.807) is 17.7 Å². The van der Waals surface area contributed by atoms with Gasteiger partial charge in [-0.1, -0.05) is 24.3 Å². The molecule has 3 aromatic rings. The minimum absolute atomic E-state index is 0.233. The van der Waals surface area contributed by atoms with Gasteiger partial charge in [0.15, 0.2) is 9.84 Å². The van der Waals surface area contributed by atoms with Gasteiger partial charge in [0, 0.05) is 6.26 Å². The predicted octanol–water partition coefficient (Wildman–Crippen LogP) is 2.41. The molecule has 3 rings (SSSR count). The molecule has 0 saturated heterocycles. The number of amides is 1. The second-order valence-corrected chi connectivity index (χ2v) is 8.26. The van der Waals surface area contributed by atoms with Crippen LogP contribution in [-0.4, -0.2) is 42.5 Å². The number of ether oxygens (including phenoxy) is 1. The van der Waals surface area contributed by atoms with E-state index in [-0.39, 0.29) is 5.95 Å². The van der Waals surface area contributed by atoms with Crippen LogP contribution in [0.15, 0.2) is 48.5 Å². The van der Waals surface area contributed by atoms with Crippen molar-refractivity contribution in [2.75, 3.05) is 18.7 Å². The van der Waals surface area contributed by atoms with E-state index in [0.29, 0.717) is 17.0 Å². The Balaban J connectivity index is 2.16. The molecule has 1 unspecified atom stereocenters. The van der Waals surface area contributed by atoms with Gasteiger partial charge in [-0.25, -0.2) is 13.4 Å². The molecule has 0 aliphatic carbocycles. The standard InChI is InChI=1S/C18H19N3O4S/c1-12(26(3,23)24)17(22)20-18-19-13-8-4-5-9-14(13)21(18)15-10-6-7-11-16(15)25-2/h4-12H,1-3H3,(H,19,20,22). The first-order chi connectivity index (χ1) is 12.3. The molecule has 8 heteroatoms. The Bertz CT molecular complexity index is 1070. The first kappa shape index (κ1) is 17.9. The van der Waals surface area contributed by atoms with Crippen LogP contribution in [0.2, 0.25) is 0 Å². The van der Waals surface area contributed by atoms with Crippen LogP contribution < -0.4 is 10.1 Å². The van der Waals surface area contributed by atoms with Gasteiger partial charge in [-0.2, -0.15) is 0 Å². The maximum Gasteiger partial charge on any atom is 0.244 e. The lowest BCUT2D eigenvalue weighted by Gasteiger charge is -2.15. The Morgan fingerprint density at radius 2 is 1.81 bits per heavy atom. The molecule has 0 radical (unpaired) electrons. The largest absolute Gasteiger partial charge is 0.495 e. The summed E-state index contributed by atoms with van der Waals surface area (Å²) in [6.45, 7) is 1.35. The van der Waals surface area contributed by atoms with Crippen LogP contribution in [0.3, 0.4) is 0 Å². The van der Waals surface area contributed by atoms with Gasteiger partial charge in [0.1, 0.15) is 11.0 Å². The molecule has 136 valence electrons. The van der Waals surface area contributed by atoms with E-state index in [2.05, 4.69) is 10.3 Å². The number of nitrogens with one attached hydrogen (secondary N) is 1. The molecular formula is C18H19N3O4S. The van der Waals surface area contributed by atoms with E-state index < -0.39 is 21.0 Å². The topological polar surface area (TPSA) is 90.3 Å². The average molecular weight is 373 g/mol. The van der Waals surface area contributed by atoms with Gasteiger partial charge in [-0.05, 0) is 31.2 Å². The first-order valence-electron chi connectivity index (χ1n) is 7.93. The van der Waals surface area contributed by atoms with Gasteiger partial charge in [0.05, 0.1) is 23.8 Å². The molecule has 0 aliphatic rings. The third kappa shape index (κ3) is 3.28. The van der Waals surface area contributed by atoms with E-state index in [1.165, 1.54) is 6.92 Å². The smallest absolute Gasteiger partial charge is 0.244 e. The molecule has 0 spiro atoms. The maximum absolute atomic E-state index is 12.4. The van der Waals surface area contributed by atoms with Crippen molar-refractivity contribution in [1.29, 1.82) is 0 Å². The van der Waals surface area contributed by atoms with Gasteiger partial charge in [0.2, 0.25) is 11.9 Å². The Hall–Kier alpha value is -2.87. The van der Waals surface area contributed by atoms with Crippen LogP contribution in [-0.2, 0) is 14.6 Å². The van der Waals surface area contributed by atoms with Gasteiger partial charge in [-0.15, -0.1) is 0 Å². The highest BCUT2D eigenvalue weighted by molar-refractivity contribution is 7.92. The number of methoxy groups -OCH3 is 1. The minimum Gasteiger partial charge on any atom is -0.495 e. The SMILES string of the molecule is COc1ccccc1-n1c(NC(=O)C(C)S(C)(=O)=O)nc2ccccc21. The molecule has 1 atom stereocenters. The number of carbonyl (C=O) groups excluding carboxylic acids is 1. The summed E-state index contributed by atoms with van der Waals surface area (Å²) in [6.07, 6.45) is 1.03. The number of carbonyl (C=O) groups is 1. The summed E-state index contributed by atoms with van der Waals surface area (Å²) in [5, 5.41) is 1.45. The van der Waals surface area contributed by atoms with E-state index in [0.717, 1.165) is 11.8 Å². The lowest BCUT2D eigenvalue weighted by molar-refractivity contribution is -0.115. The molecule has 7 nitrogen and oxygen atoms in total. The Kier molecular flexibility index (Phi) is 4.69. The van der Waals surface area contributed by atoms with Gasteiger partial charge >= 0.3 is 0 Å². The van der Waals surface area contributed by atoms with E-state index >= 15 is 0 Å². The fourth-order valence-electron chi connectivity index (χ4n) is 2.57. The van der Waals surface area contributed by atoms with Crippen LogP contribution in [0.5, 0.6) is 5.75 Å². The predicted molar refractivity (Wildman–Crippen MR) is 101 cm³/mol. The number of hydrogen-bond acceptors (Lipinski definition) is 5. The number of hydrogen-bond donors (Lipinski definition) is 1. The van der Waals surface area contributed by atoms with Crippen molar-refractivity contribution < 1.29 is 17.9 Å². The highest BCUT2D eigenvalue weighted by Crippen LogP contribution is 2.30. The van der Waals surface area contributed by atoms with E-state index in [1.807, 2.05) is 42.5 Å². The number of anilines is 1. The minimum atomic E-state index is -3.52. The van der Waals surface area contributed by atoms with Gasteiger partial charge < -0.3 is 4.74 Å². The van der Waals surface area contributed by atoms with Crippen molar-refractivity contribution in [3.8, 4) is 11.4 Å². The van der Waals surface area contributed by atoms with E-state index in [4.69, 9.17) is 4.74 Å². The number of nitrogens with zero attached hydrogens (tertiary/aromatic N) is 2. The Morgan fingerprint density at radius 3 is 2.50 bits per heavy atom. The number of imidazole rings is 1. The number of fused-ring (bicyclic) bond motifs is 1. The molecule has 2 aromatic carbocycles. The molecule has 1 N–H and O–H groups in total. The van der Waals surface area contributed by atoms with Crippen molar-refractivity contribution in [2.45, 2.75) is 12.2 Å². The number of rotatable bonds is 5. The number of aromatic nitrogens is 2. The summed E-state index contributed by atoms with van der Waals surface area (Å²) in [6, 6.07) is 14.7. The summed E-state index contributed by atoms with van der Waals surface area (Å²) < 4.78 is 30.5. The van der Waals surface area contributed by atoms with Crippen molar-refractivity contribution in [2.24, 2.45) is 0 Å². The summed E-state index contributed by atoms with van der Waals surface area (Å²) in [4.78, 5) is 16.8. The number of para-hydroxylation sites is 4. The van der Waals surface area contributed by atoms with Crippen molar-refractivity contribution in [3.05, 3.63) is 48.5 Å². The third-order valence-electron chi connectivity index (χ3n) is 4.13. The van der Waals surface area contributed by atoms with Crippen LogP contribution in [0, 0.1) is 0 Å². The zero-order chi connectivity index (χ0) is 18.9. The lowest BCUT2D eigenvalue weighted by atomic mass is 10.2. The zero-order valence-electron chi connectivity index (χ0n) is 14.6. The van der Waals surface area contributed by atoms with Crippen LogP contribution in [0.1, 0.15) is 6.92 Å². The maximum atomic E-state index is 12.4. The van der Waals surface area contributed by atoms with Crippen molar-refractivity contribution in [3.63, 3.8) is 0 Å². The number of benzene rings is 2. The summed E-state index contributed by atoms with van der Waals surface area (Å²) in [5.74, 6) is 0.192. The summed E-state index contributed by atoms with van der Waals surface area (Å²) in [7, 11) is -1.96. The third-order valence-corrected chi connectivity index (χ3v) is 5.63. The molecule has 1 aromatic heterocycles. The first-order valence-corrected chi connectivity index (χ1v) is 9.89. The molecule has 1 heterocycles. The molecule has 0 aliphatic heterocycles. The van der Waals surface area contributed by atoms with Crippen molar-refractivity contribution in [1.82, 2.24) is 9.55 Å². The number of sulfone groups is 1. The van der Waals surface area contributed by atoms with Crippen LogP contribution >= 0.6 is 0 Å². The van der Waals surface area contributed by atoms with Gasteiger partial charge in [-0.3, -0.25) is 14.7 Å². The normalized spacial score (nSPS) is 12.7. The molecule has 0 fully saturated rings. The highest BCUT2D eigenvalue weighted by atomic mass is 32.2. The van der Waals surface area contributed by atoms with Crippen molar-refractivity contribution >= 4 is 32.7 Å². The molecule has 0 saturated carbocycles. The molecule has 26 heavy (non-hydrogen) atoms. The molecule has 0 bridgehead atoms. The Morgan fingerprint density at radius 1 is 1.15 bits per heavy atom. The van der Waals surface area contributed by atoms with E-state index in [9.17, 15) is 13.2 Å². The summed E-state index contributed by atoms with van der Waals surface area (Å²) in [5.41, 5.74) is 2.12. The second kappa shape index (κ2) is 6.80. The van der Waals surface area contributed by atoms with Crippen LogP contribution in [0.25, 0.3) is 16.7 Å². The van der Waals surface area contributed by atoms with Gasteiger partial charge in [0.25, 0.3) is 0 Å². The highest BCUT2D eigenvalue weighted by Gasteiger charge is 2.26. The molecular weight excluding hydrogens is 354 g/mol. The van der Waals surface area contributed by atoms with Crippen LogP contribution in [0.4, 0.5) is 5.95 Å². The zero-order valence-corrected chi connectivity index (χ0v) is 15.4. The fraction of sp³-hybridized carbons (Fsp3) is 0.222. The summed E-state index contributed by atoms with van der Waals surface area (Å²) >= 11 is 0. The molecule has 1 amide bonds. The second-order valence-electron chi connectivity index (χ2n) is 5.89.